The summed E-state index contributed by atoms with van der Waals surface area (Å²) in [6.45, 7) is 19.4. The van der Waals surface area contributed by atoms with E-state index in [-0.39, 0.29) is 36.3 Å². The largest absolute Gasteiger partial charge is 0.456 e. The van der Waals surface area contributed by atoms with Crippen molar-refractivity contribution in [2.45, 2.75) is 168 Å². The van der Waals surface area contributed by atoms with Crippen LogP contribution >= 0.6 is 0 Å². The molecular formula is C44H64O11. The second-order valence-electron chi connectivity index (χ2n) is 18.3. The van der Waals surface area contributed by atoms with E-state index >= 15 is 0 Å². The van der Waals surface area contributed by atoms with Crippen LogP contribution in [0.1, 0.15) is 125 Å². The lowest BCUT2D eigenvalue weighted by molar-refractivity contribution is -0.409. The summed E-state index contributed by atoms with van der Waals surface area (Å²) in [7, 11) is 0. The molecule has 306 valence electrons. The molecule has 2 aliphatic heterocycles. The number of carbonyl (C=O) groups excluding carboxylic acids is 3. The van der Waals surface area contributed by atoms with Gasteiger partial charge in [-0.2, -0.15) is 0 Å². The van der Waals surface area contributed by atoms with Crippen LogP contribution in [0.3, 0.4) is 0 Å². The molecule has 2 N–H and O–H groups in total. The maximum atomic E-state index is 14.4. The molecule has 11 heteroatoms. The van der Waals surface area contributed by atoms with Gasteiger partial charge in [-0.15, -0.1) is 0 Å². The Labute approximate surface area is 326 Å². The highest BCUT2D eigenvalue weighted by Gasteiger charge is 2.79. The molecule has 1 aromatic carbocycles. The third kappa shape index (κ3) is 6.98. The van der Waals surface area contributed by atoms with Gasteiger partial charge in [-0.1, -0.05) is 92.0 Å². The molecule has 4 fully saturated rings. The van der Waals surface area contributed by atoms with Crippen LogP contribution in [-0.4, -0.2) is 88.8 Å². The summed E-state index contributed by atoms with van der Waals surface area (Å²) in [6, 6.07) is 8.60. The maximum absolute atomic E-state index is 14.4. The van der Waals surface area contributed by atoms with Gasteiger partial charge in [-0.25, -0.2) is 9.59 Å². The molecule has 0 aromatic heterocycles. The van der Waals surface area contributed by atoms with Crippen LogP contribution in [0, 0.1) is 34.5 Å². The van der Waals surface area contributed by atoms with Gasteiger partial charge in [-0.3, -0.25) is 4.79 Å². The van der Waals surface area contributed by atoms with Crippen molar-refractivity contribution in [3.63, 3.8) is 0 Å². The predicted molar refractivity (Wildman–Crippen MR) is 203 cm³/mol. The van der Waals surface area contributed by atoms with E-state index in [1.54, 1.807) is 30.3 Å². The highest BCUT2D eigenvalue weighted by atomic mass is 16.7. The van der Waals surface area contributed by atoms with E-state index in [0.717, 1.165) is 30.4 Å². The van der Waals surface area contributed by atoms with Crippen molar-refractivity contribution >= 4 is 17.9 Å². The Bertz CT molecular complexity index is 1620. The Hall–Kier alpha value is -2.83. The monoisotopic (exact) mass is 768 g/mol. The number of ether oxygens (including phenoxy) is 6. The van der Waals surface area contributed by atoms with Crippen molar-refractivity contribution in [3.05, 3.63) is 47.0 Å². The maximum Gasteiger partial charge on any atom is 0.338 e. The van der Waals surface area contributed by atoms with E-state index < -0.39 is 88.8 Å². The average Bonchev–Trinajstić information content (AvgIpc) is 3.11. The Morgan fingerprint density at radius 2 is 1.69 bits per heavy atom. The zero-order valence-corrected chi connectivity index (χ0v) is 34.5. The molecule has 3 aliphatic carbocycles. The fourth-order valence-electron chi connectivity index (χ4n) is 11.3. The van der Waals surface area contributed by atoms with Crippen molar-refractivity contribution in [2.24, 2.45) is 34.5 Å². The average molecular weight is 769 g/mol. The molecule has 2 saturated carbocycles. The minimum Gasteiger partial charge on any atom is -0.456 e. The van der Waals surface area contributed by atoms with Crippen molar-refractivity contribution in [3.8, 4) is 0 Å². The molecule has 0 spiro atoms. The second kappa shape index (κ2) is 15.5. The number of aliphatic hydroxyl groups excluding tert-OH is 1. The van der Waals surface area contributed by atoms with Crippen LogP contribution in [0.5, 0.6) is 0 Å². The van der Waals surface area contributed by atoms with Crippen molar-refractivity contribution in [2.75, 3.05) is 6.61 Å². The molecule has 6 rings (SSSR count). The topological polar surface area (TPSA) is 147 Å². The highest BCUT2D eigenvalue weighted by Crippen LogP contribution is 2.68. The normalized spacial score (nSPS) is 38.6. The van der Waals surface area contributed by atoms with Gasteiger partial charge in [0.1, 0.15) is 23.9 Å². The minimum absolute atomic E-state index is 0.0290. The lowest BCUT2D eigenvalue weighted by atomic mass is 9.43. The molecule has 2 bridgehead atoms. The van der Waals surface area contributed by atoms with Crippen LogP contribution in [0.25, 0.3) is 0 Å². The van der Waals surface area contributed by atoms with Gasteiger partial charge in [0.2, 0.25) is 0 Å². The van der Waals surface area contributed by atoms with Crippen LogP contribution < -0.4 is 0 Å². The number of carbonyl (C=O) groups is 3. The van der Waals surface area contributed by atoms with Gasteiger partial charge in [0.05, 0.1) is 30.3 Å². The Kier molecular flexibility index (Phi) is 11.8. The minimum atomic E-state index is -1.90. The molecule has 0 radical (unpaired) electrons. The fourth-order valence-corrected chi connectivity index (χ4v) is 11.3. The SMILES string of the molecule is CCCCC[C@H]1O[C@H]2C[C@H]3OC[C@@]3(OC(C)=O)[C@H]3[C@H](OC(=O)c4ccccc4)[C@]4(O)C[C@H](OC(=O)[C@H](O)[C@@H](C)CC(C)C)C(C)=C([C@@H](C)[C@H](O1)[C@]23C)C4(C)C. The van der Waals surface area contributed by atoms with Crippen LogP contribution in [0.4, 0.5) is 0 Å². The summed E-state index contributed by atoms with van der Waals surface area (Å²) < 4.78 is 39.5. The Morgan fingerprint density at radius 3 is 2.29 bits per heavy atom. The van der Waals surface area contributed by atoms with Gasteiger partial charge in [0.15, 0.2) is 18.0 Å². The van der Waals surface area contributed by atoms with Crippen molar-refractivity contribution in [1.29, 1.82) is 0 Å². The van der Waals surface area contributed by atoms with Gasteiger partial charge < -0.3 is 38.6 Å². The third-order valence-electron chi connectivity index (χ3n) is 13.9. The molecule has 0 amide bonds. The molecule has 2 heterocycles. The third-order valence-corrected chi connectivity index (χ3v) is 13.9. The molecule has 55 heavy (non-hydrogen) atoms. The first-order valence-corrected chi connectivity index (χ1v) is 20.5. The highest BCUT2D eigenvalue weighted by molar-refractivity contribution is 5.89. The van der Waals surface area contributed by atoms with Gasteiger partial charge in [0.25, 0.3) is 0 Å². The summed E-state index contributed by atoms with van der Waals surface area (Å²) in [5.74, 6) is -3.29. The first-order chi connectivity index (χ1) is 25.8. The van der Waals surface area contributed by atoms with E-state index in [9.17, 15) is 24.6 Å². The fraction of sp³-hybridized carbons (Fsp3) is 0.750. The van der Waals surface area contributed by atoms with Gasteiger partial charge in [0, 0.05) is 36.5 Å². The summed E-state index contributed by atoms with van der Waals surface area (Å²) in [5, 5.41) is 24.9. The number of aliphatic hydroxyl groups is 2. The zero-order chi connectivity index (χ0) is 40.2. The van der Waals surface area contributed by atoms with E-state index in [1.807, 2.05) is 41.5 Å². The molecule has 1 aromatic rings. The van der Waals surface area contributed by atoms with Crippen LogP contribution in [0.2, 0.25) is 0 Å². The number of esters is 3. The molecule has 2 saturated heterocycles. The number of hydrogen-bond acceptors (Lipinski definition) is 11. The van der Waals surface area contributed by atoms with Gasteiger partial charge in [-0.05, 0) is 55.7 Å². The van der Waals surface area contributed by atoms with Crippen LogP contribution in [-0.2, 0) is 38.0 Å². The summed E-state index contributed by atoms with van der Waals surface area (Å²) >= 11 is 0. The Morgan fingerprint density at radius 1 is 1.00 bits per heavy atom. The first-order valence-electron chi connectivity index (χ1n) is 20.5. The zero-order valence-electron chi connectivity index (χ0n) is 34.5. The first kappa shape index (κ1) is 41.8. The molecular weight excluding hydrogens is 704 g/mol. The number of rotatable bonds is 12. The second-order valence-corrected chi connectivity index (χ2v) is 18.3. The van der Waals surface area contributed by atoms with E-state index in [1.165, 1.54) is 6.92 Å². The quantitative estimate of drug-likeness (QED) is 0.101. The number of benzene rings is 1. The molecule has 11 nitrogen and oxygen atoms in total. The van der Waals surface area contributed by atoms with E-state index in [0.29, 0.717) is 19.3 Å². The molecule has 0 unspecified atom stereocenters. The molecule has 5 aliphatic rings. The number of fused-ring (bicyclic) bond motifs is 4. The standard InChI is InChI=1S/C44H64O11/c1-11-12-14-19-33-52-31-21-32-43(23-50-32,55-28(7)45)36-38(54-39(47)29-17-15-13-16-18-29)44(49)22-30(51-40(48)35(46)25(4)20-24(2)3)26(5)34(41(44,8)9)27(6)37(53-33)42(31,36)10/h13,15-18,24-25,27,30-33,35-38,46,49H,11-12,14,19-23H2,1-10H3/t25-,27+,30-,31-,32+,33-,35+,36-,37-,38-,42+,43-,44+/m0/s1. The van der Waals surface area contributed by atoms with Crippen molar-refractivity contribution in [1.82, 2.24) is 0 Å². The lowest BCUT2D eigenvalue weighted by Gasteiger charge is -2.71. The Balaban J connectivity index is 1.57. The van der Waals surface area contributed by atoms with Crippen molar-refractivity contribution < 1.29 is 53.0 Å². The summed E-state index contributed by atoms with van der Waals surface area (Å²) in [6.07, 6.45) is -1.27. The number of hydrogen-bond donors (Lipinski definition) is 2. The molecule has 13 atom stereocenters. The number of unbranched alkanes of at least 4 members (excludes halogenated alkanes) is 2. The lowest BCUT2D eigenvalue weighted by Crippen LogP contribution is -2.83. The summed E-state index contributed by atoms with van der Waals surface area (Å²) in [5.41, 5.74) is -3.38. The van der Waals surface area contributed by atoms with Gasteiger partial charge >= 0.3 is 17.9 Å². The van der Waals surface area contributed by atoms with Crippen LogP contribution in [0.15, 0.2) is 41.5 Å². The predicted octanol–water partition coefficient (Wildman–Crippen LogP) is 6.71. The smallest absolute Gasteiger partial charge is 0.338 e. The van der Waals surface area contributed by atoms with E-state index in [2.05, 4.69) is 20.8 Å². The van der Waals surface area contributed by atoms with E-state index in [4.69, 9.17) is 28.4 Å². The summed E-state index contributed by atoms with van der Waals surface area (Å²) in [4.78, 5) is 41.2.